The summed E-state index contributed by atoms with van der Waals surface area (Å²) >= 11 is 0. The number of hydrogen-bond donors (Lipinski definition) is 1. The van der Waals surface area contributed by atoms with E-state index in [0.717, 1.165) is 24.6 Å². The Morgan fingerprint density at radius 1 is 1.12 bits per heavy atom. The molecular weight excluding hydrogens is 334 g/mol. The van der Waals surface area contributed by atoms with Crippen molar-refractivity contribution in [1.82, 2.24) is 15.2 Å². The monoisotopic (exact) mass is 359 g/mol. The Bertz CT molecular complexity index is 730. The van der Waals surface area contributed by atoms with Crippen LogP contribution in [-0.4, -0.2) is 49.6 Å². The number of anilines is 3. The lowest BCUT2D eigenvalue weighted by atomic mass is 10.0. The quantitative estimate of drug-likeness (QED) is 0.843. The Morgan fingerprint density at radius 3 is 2.46 bits per heavy atom. The van der Waals surface area contributed by atoms with Crippen molar-refractivity contribution in [3.05, 3.63) is 18.3 Å². The zero-order valence-electron chi connectivity index (χ0n) is 15.7. The highest BCUT2D eigenvalue weighted by Gasteiger charge is 2.19. The first-order chi connectivity index (χ1) is 12.6. The van der Waals surface area contributed by atoms with E-state index in [1.807, 2.05) is 0 Å². The van der Waals surface area contributed by atoms with E-state index in [-0.39, 0.29) is 0 Å². The van der Waals surface area contributed by atoms with E-state index in [9.17, 15) is 0 Å². The number of ether oxygens (including phenoxy) is 3. The number of rotatable bonds is 6. The molecule has 8 heteroatoms. The van der Waals surface area contributed by atoms with Crippen LogP contribution in [-0.2, 0) is 0 Å². The van der Waals surface area contributed by atoms with Gasteiger partial charge in [0.1, 0.15) is 0 Å². The van der Waals surface area contributed by atoms with Crippen LogP contribution in [0.2, 0.25) is 0 Å². The summed E-state index contributed by atoms with van der Waals surface area (Å²) < 4.78 is 16.1. The summed E-state index contributed by atoms with van der Waals surface area (Å²) in [6.07, 6.45) is 4.13. The molecule has 8 nitrogen and oxygen atoms in total. The number of hydrogen-bond acceptors (Lipinski definition) is 8. The highest BCUT2D eigenvalue weighted by atomic mass is 16.5. The number of piperidine rings is 1. The van der Waals surface area contributed by atoms with Crippen molar-refractivity contribution in [2.45, 2.75) is 19.8 Å². The van der Waals surface area contributed by atoms with E-state index >= 15 is 0 Å². The van der Waals surface area contributed by atoms with Gasteiger partial charge in [-0.15, -0.1) is 5.10 Å². The number of nitrogens with one attached hydrogen (secondary N) is 1. The van der Waals surface area contributed by atoms with Gasteiger partial charge in [-0.3, -0.25) is 0 Å². The summed E-state index contributed by atoms with van der Waals surface area (Å²) in [5.41, 5.74) is 0.727. The summed E-state index contributed by atoms with van der Waals surface area (Å²) in [4.78, 5) is 6.86. The predicted molar refractivity (Wildman–Crippen MR) is 99.8 cm³/mol. The van der Waals surface area contributed by atoms with Gasteiger partial charge in [-0.05, 0) is 18.8 Å². The minimum Gasteiger partial charge on any atom is -0.493 e. The average Bonchev–Trinajstić information content (AvgIpc) is 2.67. The summed E-state index contributed by atoms with van der Waals surface area (Å²) in [5, 5.41) is 11.4. The molecule has 1 saturated heterocycles. The van der Waals surface area contributed by atoms with Gasteiger partial charge < -0.3 is 24.4 Å². The van der Waals surface area contributed by atoms with E-state index in [2.05, 4.69) is 32.3 Å². The van der Waals surface area contributed by atoms with Gasteiger partial charge in [-0.25, -0.2) is 0 Å². The lowest BCUT2D eigenvalue weighted by Crippen LogP contribution is -2.35. The lowest BCUT2D eigenvalue weighted by molar-refractivity contribution is 0.324. The molecular formula is C18H25N5O3. The third-order valence-corrected chi connectivity index (χ3v) is 4.45. The first kappa shape index (κ1) is 18.0. The van der Waals surface area contributed by atoms with Crippen LogP contribution in [0.4, 0.5) is 17.5 Å². The van der Waals surface area contributed by atoms with Gasteiger partial charge in [0.2, 0.25) is 11.7 Å². The Labute approximate surface area is 153 Å². The fourth-order valence-electron chi connectivity index (χ4n) is 3.18. The minimum absolute atomic E-state index is 0.426. The molecule has 3 rings (SSSR count). The number of nitrogens with zero attached hydrogens (tertiary/aromatic N) is 4. The summed E-state index contributed by atoms with van der Waals surface area (Å²) in [7, 11) is 4.73. The molecule has 1 aliphatic rings. The molecule has 1 unspecified atom stereocenters. The topological polar surface area (TPSA) is 81.6 Å². The Balaban J connectivity index is 1.84. The van der Waals surface area contributed by atoms with Gasteiger partial charge in [0.15, 0.2) is 17.3 Å². The van der Waals surface area contributed by atoms with Crippen molar-refractivity contribution < 1.29 is 14.2 Å². The van der Waals surface area contributed by atoms with Crippen molar-refractivity contribution in [2.24, 2.45) is 5.92 Å². The van der Waals surface area contributed by atoms with E-state index in [1.165, 1.54) is 12.8 Å². The standard InChI is InChI=1S/C18H25N5O3/c1-12-6-5-7-23(11-12)16-10-19-22-18(21-16)20-13-8-14(24-2)17(26-4)15(9-13)25-3/h8-10,12H,5-7,11H2,1-4H3,(H,20,21,22). The van der Waals surface area contributed by atoms with Crippen molar-refractivity contribution in [2.75, 3.05) is 44.6 Å². The Hall–Kier alpha value is -2.77. The maximum absolute atomic E-state index is 5.38. The second kappa shape index (κ2) is 8.07. The molecule has 1 aromatic carbocycles. The molecule has 0 saturated carbocycles. The smallest absolute Gasteiger partial charge is 0.249 e. The van der Waals surface area contributed by atoms with Gasteiger partial charge in [0.05, 0.1) is 27.5 Å². The second-order valence-electron chi connectivity index (χ2n) is 6.37. The normalized spacial score (nSPS) is 16.9. The summed E-state index contributed by atoms with van der Waals surface area (Å²) in [6, 6.07) is 3.61. The van der Waals surface area contributed by atoms with Crippen LogP contribution in [0.5, 0.6) is 17.2 Å². The molecule has 1 fully saturated rings. The molecule has 26 heavy (non-hydrogen) atoms. The highest BCUT2D eigenvalue weighted by Crippen LogP contribution is 2.40. The lowest BCUT2D eigenvalue weighted by Gasteiger charge is -2.31. The van der Waals surface area contributed by atoms with Gasteiger partial charge in [0, 0.05) is 30.9 Å². The van der Waals surface area contributed by atoms with Crippen LogP contribution >= 0.6 is 0 Å². The first-order valence-corrected chi connectivity index (χ1v) is 8.66. The van der Waals surface area contributed by atoms with Crippen LogP contribution < -0.4 is 24.4 Å². The Morgan fingerprint density at radius 2 is 1.85 bits per heavy atom. The summed E-state index contributed by atoms with van der Waals surface area (Å²) in [5.74, 6) is 3.57. The summed E-state index contributed by atoms with van der Waals surface area (Å²) in [6.45, 7) is 4.24. The molecule has 0 spiro atoms. The van der Waals surface area contributed by atoms with E-state index < -0.39 is 0 Å². The van der Waals surface area contributed by atoms with Crippen molar-refractivity contribution in [3.63, 3.8) is 0 Å². The van der Waals surface area contributed by atoms with E-state index in [1.54, 1.807) is 39.7 Å². The molecule has 0 radical (unpaired) electrons. The third kappa shape index (κ3) is 3.89. The van der Waals surface area contributed by atoms with E-state index in [4.69, 9.17) is 14.2 Å². The van der Waals surface area contributed by atoms with Crippen molar-refractivity contribution in [3.8, 4) is 17.2 Å². The molecule has 0 aliphatic carbocycles. The van der Waals surface area contributed by atoms with Crippen LogP contribution in [0.1, 0.15) is 19.8 Å². The molecule has 2 aromatic rings. The average molecular weight is 359 g/mol. The maximum atomic E-state index is 5.38. The molecule has 0 amide bonds. The number of aromatic nitrogens is 3. The Kier molecular flexibility index (Phi) is 5.60. The maximum Gasteiger partial charge on any atom is 0.249 e. The molecule has 0 bridgehead atoms. The minimum atomic E-state index is 0.426. The van der Waals surface area contributed by atoms with Crippen LogP contribution in [0.15, 0.2) is 18.3 Å². The van der Waals surface area contributed by atoms with Gasteiger partial charge in [-0.2, -0.15) is 10.1 Å². The van der Waals surface area contributed by atoms with Crippen molar-refractivity contribution >= 4 is 17.5 Å². The van der Waals surface area contributed by atoms with Gasteiger partial charge in [0.25, 0.3) is 0 Å². The molecule has 140 valence electrons. The molecule has 1 atom stereocenters. The van der Waals surface area contributed by atoms with Crippen molar-refractivity contribution in [1.29, 1.82) is 0 Å². The molecule has 1 aromatic heterocycles. The fraction of sp³-hybridized carbons (Fsp3) is 0.500. The SMILES string of the molecule is COc1cc(Nc2nncc(N3CCCC(C)C3)n2)cc(OC)c1OC. The zero-order chi connectivity index (χ0) is 18.5. The number of methoxy groups -OCH3 is 3. The molecule has 1 aliphatic heterocycles. The number of benzene rings is 1. The predicted octanol–water partition coefficient (Wildman–Crippen LogP) is 2.88. The molecule has 2 heterocycles. The van der Waals surface area contributed by atoms with Crippen LogP contribution in [0.25, 0.3) is 0 Å². The second-order valence-corrected chi connectivity index (χ2v) is 6.37. The fourth-order valence-corrected chi connectivity index (χ4v) is 3.18. The van der Waals surface area contributed by atoms with Gasteiger partial charge >= 0.3 is 0 Å². The van der Waals surface area contributed by atoms with Crippen LogP contribution in [0.3, 0.4) is 0 Å². The van der Waals surface area contributed by atoms with E-state index in [0.29, 0.717) is 29.1 Å². The molecule has 1 N–H and O–H groups in total. The van der Waals surface area contributed by atoms with Crippen LogP contribution in [0, 0.1) is 5.92 Å². The largest absolute Gasteiger partial charge is 0.493 e. The zero-order valence-corrected chi connectivity index (χ0v) is 15.7. The first-order valence-electron chi connectivity index (χ1n) is 8.66. The van der Waals surface area contributed by atoms with Gasteiger partial charge in [-0.1, -0.05) is 6.92 Å². The third-order valence-electron chi connectivity index (χ3n) is 4.45. The highest BCUT2D eigenvalue weighted by molar-refractivity contribution is 5.65.